The van der Waals surface area contributed by atoms with Gasteiger partial charge in [-0.3, -0.25) is 4.79 Å². The third-order valence-electron chi connectivity index (χ3n) is 2.33. The lowest BCUT2D eigenvalue weighted by molar-refractivity contribution is 0.177. The quantitative estimate of drug-likeness (QED) is 0.765. The number of aliphatic hydroxyl groups is 1. The molecule has 0 saturated carbocycles. The lowest BCUT2D eigenvalue weighted by Crippen LogP contribution is -2.30. The summed E-state index contributed by atoms with van der Waals surface area (Å²) in [5.74, 6) is 0. The average Bonchev–Trinajstić information content (AvgIpc) is 2.26. The standard InChI is InChI=1S/C10H16N2O4S/c1-8(13)5-6-12(2)17(15,16)9-3-4-10(14)11-7-9/h3-4,7-8,13H,5-6H2,1-2H3,(H,11,14). The van der Waals surface area contributed by atoms with Crippen LogP contribution in [-0.2, 0) is 10.0 Å². The smallest absolute Gasteiger partial charge is 0.247 e. The number of nitrogens with zero attached hydrogens (tertiary/aromatic N) is 1. The number of aromatic amines is 1. The number of aromatic nitrogens is 1. The number of hydrogen-bond acceptors (Lipinski definition) is 4. The lowest BCUT2D eigenvalue weighted by Gasteiger charge is -2.17. The molecule has 7 heteroatoms. The van der Waals surface area contributed by atoms with Gasteiger partial charge < -0.3 is 10.1 Å². The third-order valence-corrected chi connectivity index (χ3v) is 4.18. The second-order valence-electron chi connectivity index (χ2n) is 3.85. The summed E-state index contributed by atoms with van der Waals surface area (Å²) in [5, 5.41) is 9.10. The van der Waals surface area contributed by atoms with Crippen LogP contribution in [-0.4, -0.2) is 42.5 Å². The Labute approximate surface area is 100.0 Å². The van der Waals surface area contributed by atoms with Gasteiger partial charge in [0.05, 0.1) is 11.0 Å². The zero-order chi connectivity index (χ0) is 13.1. The minimum absolute atomic E-state index is 0.0326. The molecule has 2 N–H and O–H groups in total. The van der Waals surface area contributed by atoms with E-state index in [4.69, 9.17) is 5.11 Å². The van der Waals surface area contributed by atoms with E-state index in [1.54, 1.807) is 6.92 Å². The SMILES string of the molecule is CC(O)CCN(C)S(=O)(=O)c1ccc(=O)[nH]c1. The van der Waals surface area contributed by atoms with Crippen LogP contribution in [0.1, 0.15) is 13.3 Å². The number of rotatable bonds is 5. The van der Waals surface area contributed by atoms with Crippen LogP contribution >= 0.6 is 0 Å². The summed E-state index contributed by atoms with van der Waals surface area (Å²) >= 11 is 0. The molecule has 0 saturated heterocycles. The van der Waals surface area contributed by atoms with Crippen molar-refractivity contribution in [1.29, 1.82) is 0 Å². The Morgan fingerprint density at radius 3 is 2.59 bits per heavy atom. The van der Waals surface area contributed by atoms with Crippen molar-refractivity contribution in [3.63, 3.8) is 0 Å². The van der Waals surface area contributed by atoms with Gasteiger partial charge in [0.15, 0.2) is 0 Å². The van der Waals surface area contributed by atoms with E-state index in [9.17, 15) is 13.2 Å². The predicted octanol–water partition coefficient (Wildman–Crippen LogP) is -0.234. The zero-order valence-corrected chi connectivity index (χ0v) is 10.6. The van der Waals surface area contributed by atoms with Crippen LogP contribution in [0.5, 0.6) is 0 Å². The Morgan fingerprint density at radius 1 is 1.47 bits per heavy atom. The molecule has 0 amide bonds. The molecule has 0 radical (unpaired) electrons. The first kappa shape index (κ1) is 13.9. The van der Waals surface area contributed by atoms with Gasteiger partial charge in [-0.05, 0) is 19.4 Å². The zero-order valence-electron chi connectivity index (χ0n) is 9.75. The van der Waals surface area contributed by atoms with E-state index in [1.165, 1.54) is 13.1 Å². The van der Waals surface area contributed by atoms with Crippen molar-refractivity contribution in [2.24, 2.45) is 0 Å². The van der Waals surface area contributed by atoms with E-state index in [1.807, 2.05) is 0 Å². The van der Waals surface area contributed by atoms with E-state index >= 15 is 0 Å². The maximum atomic E-state index is 12.0. The third kappa shape index (κ3) is 3.65. The van der Waals surface area contributed by atoms with Crippen LogP contribution in [0.3, 0.4) is 0 Å². The van der Waals surface area contributed by atoms with Gasteiger partial charge >= 0.3 is 0 Å². The number of sulfonamides is 1. The van der Waals surface area contributed by atoms with Crippen LogP contribution in [0.25, 0.3) is 0 Å². The molecule has 0 aromatic carbocycles. The summed E-state index contributed by atoms with van der Waals surface area (Å²) in [7, 11) is -2.17. The van der Waals surface area contributed by atoms with Gasteiger partial charge in [-0.1, -0.05) is 0 Å². The van der Waals surface area contributed by atoms with E-state index in [-0.39, 0.29) is 17.0 Å². The van der Waals surface area contributed by atoms with Crippen molar-refractivity contribution in [2.75, 3.05) is 13.6 Å². The molecule has 0 aliphatic rings. The molecule has 0 aliphatic carbocycles. The van der Waals surface area contributed by atoms with Crippen molar-refractivity contribution in [3.05, 3.63) is 28.7 Å². The molecule has 0 spiro atoms. The fourth-order valence-electron chi connectivity index (χ4n) is 1.23. The maximum absolute atomic E-state index is 12.0. The summed E-state index contributed by atoms with van der Waals surface area (Å²) in [4.78, 5) is 13.2. The van der Waals surface area contributed by atoms with E-state index in [2.05, 4.69) is 4.98 Å². The fraction of sp³-hybridized carbons (Fsp3) is 0.500. The summed E-state index contributed by atoms with van der Waals surface area (Å²) in [5.41, 5.74) is -0.351. The number of H-pyrrole nitrogens is 1. The number of nitrogens with one attached hydrogen (secondary N) is 1. The normalized spacial score (nSPS) is 13.9. The molecule has 1 rings (SSSR count). The van der Waals surface area contributed by atoms with Gasteiger partial charge in [0.25, 0.3) is 0 Å². The highest BCUT2D eigenvalue weighted by Gasteiger charge is 2.20. The molecule has 6 nitrogen and oxygen atoms in total. The molecule has 0 aliphatic heterocycles. The Kier molecular flexibility index (Phi) is 4.44. The van der Waals surface area contributed by atoms with Crippen molar-refractivity contribution < 1.29 is 13.5 Å². The van der Waals surface area contributed by atoms with Crippen molar-refractivity contribution in [2.45, 2.75) is 24.3 Å². The highest BCUT2D eigenvalue weighted by molar-refractivity contribution is 7.89. The molecule has 17 heavy (non-hydrogen) atoms. The molecule has 0 fully saturated rings. The largest absolute Gasteiger partial charge is 0.393 e. The Morgan fingerprint density at radius 2 is 2.12 bits per heavy atom. The minimum atomic E-state index is -3.60. The van der Waals surface area contributed by atoms with Crippen molar-refractivity contribution in [1.82, 2.24) is 9.29 Å². The Bertz CT molecular complexity index is 501. The molecular formula is C10H16N2O4S. The van der Waals surface area contributed by atoms with Crippen LogP contribution in [0, 0.1) is 0 Å². The van der Waals surface area contributed by atoms with Gasteiger partial charge in [-0.25, -0.2) is 12.7 Å². The molecule has 0 bridgehead atoms. The lowest BCUT2D eigenvalue weighted by atomic mass is 10.3. The molecule has 96 valence electrons. The highest BCUT2D eigenvalue weighted by Crippen LogP contribution is 2.12. The van der Waals surface area contributed by atoms with Crippen molar-refractivity contribution >= 4 is 10.0 Å². The van der Waals surface area contributed by atoms with Gasteiger partial charge in [-0.2, -0.15) is 0 Å². The molecule has 1 aromatic heterocycles. The fourth-order valence-corrected chi connectivity index (χ4v) is 2.38. The predicted molar refractivity (Wildman–Crippen MR) is 63.2 cm³/mol. The summed E-state index contributed by atoms with van der Waals surface area (Å²) < 4.78 is 25.1. The summed E-state index contributed by atoms with van der Waals surface area (Å²) in [6, 6.07) is 2.42. The first-order valence-electron chi connectivity index (χ1n) is 5.17. The second-order valence-corrected chi connectivity index (χ2v) is 5.90. The first-order valence-corrected chi connectivity index (χ1v) is 6.61. The van der Waals surface area contributed by atoms with Gasteiger partial charge in [0, 0.05) is 25.9 Å². The molecule has 1 unspecified atom stereocenters. The van der Waals surface area contributed by atoms with Crippen molar-refractivity contribution in [3.8, 4) is 0 Å². The number of aliphatic hydroxyl groups excluding tert-OH is 1. The van der Waals surface area contributed by atoms with Gasteiger partial charge in [0.2, 0.25) is 15.6 Å². The van der Waals surface area contributed by atoms with E-state index in [0.717, 1.165) is 16.6 Å². The van der Waals surface area contributed by atoms with Gasteiger partial charge in [0.1, 0.15) is 0 Å². The van der Waals surface area contributed by atoms with E-state index < -0.39 is 16.1 Å². The topological polar surface area (TPSA) is 90.5 Å². The first-order chi connectivity index (χ1) is 7.84. The second kappa shape index (κ2) is 5.44. The molecule has 1 aromatic rings. The Balaban J connectivity index is 2.87. The number of hydrogen-bond donors (Lipinski definition) is 2. The van der Waals surface area contributed by atoms with Crippen LogP contribution in [0.4, 0.5) is 0 Å². The summed E-state index contributed by atoms with van der Waals surface area (Å²) in [6.07, 6.45) is 0.971. The number of pyridine rings is 1. The highest BCUT2D eigenvalue weighted by atomic mass is 32.2. The molecule has 1 heterocycles. The van der Waals surface area contributed by atoms with E-state index in [0.29, 0.717) is 6.42 Å². The molecule has 1 atom stereocenters. The van der Waals surface area contributed by atoms with Gasteiger partial charge in [-0.15, -0.1) is 0 Å². The monoisotopic (exact) mass is 260 g/mol. The molecular weight excluding hydrogens is 244 g/mol. The summed E-state index contributed by atoms with van der Waals surface area (Å²) in [6.45, 7) is 1.82. The average molecular weight is 260 g/mol. The Hall–Kier alpha value is -1.18. The van der Waals surface area contributed by atoms with Crippen LogP contribution in [0.15, 0.2) is 28.0 Å². The van der Waals surface area contributed by atoms with Crippen LogP contribution < -0.4 is 5.56 Å². The minimum Gasteiger partial charge on any atom is -0.393 e. The maximum Gasteiger partial charge on any atom is 0.247 e. The van der Waals surface area contributed by atoms with Crippen LogP contribution in [0.2, 0.25) is 0 Å².